The van der Waals surface area contributed by atoms with Crippen LogP contribution in [-0.2, 0) is 0 Å². The van der Waals surface area contributed by atoms with E-state index >= 15 is 0 Å². The Hall–Kier alpha value is -1.31. The fourth-order valence-electron chi connectivity index (χ4n) is 3.03. The molecule has 1 aliphatic rings. The Balaban J connectivity index is 1.82. The highest BCUT2D eigenvalue weighted by Crippen LogP contribution is 2.25. The van der Waals surface area contributed by atoms with Gasteiger partial charge in [0, 0.05) is 31.7 Å². The molecule has 136 valence electrons. The Morgan fingerprint density at radius 3 is 2.46 bits per heavy atom. The van der Waals surface area contributed by atoms with Gasteiger partial charge in [-0.2, -0.15) is 13.2 Å². The predicted molar refractivity (Wildman–Crippen MR) is 86.1 cm³/mol. The molecule has 0 aliphatic carbocycles. The molecule has 1 unspecified atom stereocenters. The van der Waals surface area contributed by atoms with E-state index in [1.54, 1.807) is 0 Å². The van der Waals surface area contributed by atoms with E-state index in [1.807, 2.05) is 49.1 Å². The molecule has 0 bridgehead atoms. The average Bonchev–Trinajstić information content (AvgIpc) is 2.47. The van der Waals surface area contributed by atoms with Crippen molar-refractivity contribution in [2.75, 3.05) is 39.3 Å². The van der Waals surface area contributed by atoms with E-state index in [0.29, 0.717) is 31.9 Å². The van der Waals surface area contributed by atoms with E-state index in [2.05, 4.69) is 0 Å². The third-order valence-electron chi connectivity index (χ3n) is 4.17. The van der Waals surface area contributed by atoms with Crippen LogP contribution in [0.25, 0.3) is 0 Å². The van der Waals surface area contributed by atoms with Crippen LogP contribution in [0.5, 0.6) is 5.75 Å². The smallest absolute Gasteiger partial charge is 0.401 e. The van der Waals surface area contributed by atoms with Gasteiger partial charge in [-0.1, -0.05) is 18.2 Å². The van der Waals surface area contributed by atoms with Crippen molar-refractivity contribution in [2.24, 2.45) is 0 Å². The highest BCUT2D eigenvalue weighted by Gasteiger charge is 2.39. The van der Waals surface area contributed by atoms with Gasteiger partial charge in [0.05, 0.1) is 6.54 Å². The highest BCUT2D eigenvalue weighted by atomic mass is 19.4. The van der Waals surface area contributed by atoms with Gasteiger partial charge in [-0.05, 0) is 26.0 Å². The molecule has 24 heavy (non-hydrogen) atoms. The van der Waals surface area contributed by atoms with Crippen molar-refractivity contribution in [3.63, 3.8) is 0 Å². The Labute approximate surface area is 140 Å². The summed E-state index contributed by atoms with van der Waals surface area (Å²) < 4.78 is 43.2. The van der Waals surface area contributed by atoms with Gasteiger partial charge in [0.25, 0.3) is 0 Å². The van der Waals surface area contributed by atoms with Gasteiger partial charge in [0.1, 0.15) is 18.5 Å². The van der Waals surface area contributed by atoms with Crippen molar-refractivity contribution >= 4 is 0 Å². The SMILES string of the molecule is CC1(C)CN(CC(F)(F)F)CCN1CC(O)COc1ccccc1. The van der Waals surface area contributed by atoms with Gasteiger partial charge in [-0.15, -0.1) is 0 Å². The minimum Gasteiger partial charge on any atom is -0.491 e. The predicted octanol–water partition coefficient (Wildman–Crippen LogP) is 2.38. The molecule has 0 aromatic heterocycles. The van der Waals surface area contributed by atoms with E-state index in [-0.39, 0.29) is 6.61 Å². The Morgan fingerprint density at radius 2 is 1.88 bits per heavy atom. The number of aliphatic hydroxyl groups excluding tert-OH is 1. The second-order valence-corrected chi connectivity index (χ2v) is 6.86. The van der Waals surface area contributed by atoms with E-state index in [1.165, 1.54) is 4.90 Å². The quantitative estimate of drug-likeness (QED) is 0.858. The summed E-state index contributed by atoms with van der Waals surface area (Å²) in [6.45, 7) is 4.60. The molecule has 2 rings (SSSR count). The Bertz CT molecular complexity index is 508. The summed E-state index contributed by atoms with van der Waals surface area (Å²) >= 11 is 0. The van der Waals surface area contributed by atoms with E-state index in [4.69, 9.17) is 4.74 Å². The van der Waals surface area contributed by atoms with Crippen LogP contribution in [0.2, 0.25) is 0 Å². The molecule has 0 amide bonds. The van der Waals surface area contributed by atoms with Crippen molar-refractivity contribution in [3.8, 4) is 5.75 Å². The summed E-state index contributed by atoms with van der Waals surface area (Å²) in [5.74, 6) is 0.686. The number of rotatable bonds is 6. The fourth-order valence-corrected chi connectivity index (χ4v) is 3.03. The van der Waals surface area contributed by atoms with Gasteiger partial charge in [0.15, 0.2) is 0 Å². The monoisotopic (exact) mass is 346 g/mol. The van der Waals surface area contributed by atoms with Gasteiger partial charge >= 0.3 is 6.18 Å². The van der Waals surface area contributed by atoms with Crippen molar-refractivity contribution < 1.29 is 23.0 Å². The zero-order chi connectivity index (χ0) is 17.8. The summed E-state index contributed by atoms with van der Waals surface area (Å²) in [6, 6.07) is 9.21. The summed E-state index contributed by atoms with van der Waals surface area (Å²) in [5, 5.41) is 10.2. The van der Waals surface area contributed by atoms with Crippen molar-refractivity contribution in [3.05, 3.63) is 30.3 Å². The number of piperazine rings is 1. The van der Waals surface area contributed by atoms with Crippen LogP contribution in [0.1, 0.15) is 13.8 Å². The number of nitrogens with zero attached hydrogens (tertiary/aromatic N) is 2. The first-order valence-corrected chi connectivity index (χ1v) is 8.06. The van der Waals surface area contributed by atoms with Gasteiger partial charge in [0.2, 0.25) is 0 Å². The van der Waals surface area contributed by atoms with Crippen molar-refractivity contribution in [1.29, 1.82) is 0 Å². The van der Waals surface area contributed by atoms with Gasteiger partial charge in [-0.25, -0.2) is 0 Å². The number of para-hydroxylation sites is 1. The number of hydrogen-bond donors (Lipinski definition) is 1. The molecule has 1 heterocycles. The topological polar surface area (TPSA) is 35.9 Å². The third kappa shape index (κ3) is 5.96. The van der Waals surface area contributed by atoms with E-state index in [9.17, 15) is 18.3 Å². The molecular weight excluding hydrogens is 321 g/mol. The van der Waals surface area contributed by atoms with Gasteiger partial charge < -0.3 is 9.84 Å². The van der Waals surface area contributed by atoms with Crippen LogP contribution in [0, 0.1) is 0 Å². The summed E-state index contributed by atoms with van der Waals surface area (Å²) in [6.07, 6.45) is -4.87. The van der Waals surface area contributed by atoms with E-state index in [0.717, 1.165) is 0 Å². The summed E-state index contributed by atoms with van der Waals surface area (Å²) in [5.41, 5.74) is -0.433. The number of β-amino-alcohol motifs (C(OH)–C–C–N with tert-alkyl or cyclic N) is 1. The molecule has 1 aromatic carbocycles. The zero-order valence-electron chi connectivity index (χ0n) is 14.1. The van der Waals surface area contributed by atoms with Crippen LogP contribution < -0.4 is 4.74 Å². The van der Waals surface area contributed by atoms with Crippen molar-refractivity contribution in [1.82, 2.24) is 9.80 Å². The largest absolute Gasteiger partial charge is 0.491 e. The maximum atomic E-state index is 12.5. The number of halogens is 3. The maximum Gasteiger partial charge on any atom is 0.401 e. The van der Waals surface area contributed by atoms with Gasteiger partial charge in [-0.3, -0.25) is 9.80 Å². The number of benzene rings is 1. The molecule has 1 atom stereocenters. The van der Waals surface area contributed by atoms with Crippen LogP contribution in [0.15, 0.2) is 30.3 Å². The molecule has 0 spiro atoms. The lowest BCUT2D eigenvalue weighted by molar-refractivity contribution is -0.156. The Kier molecular flexibility index (Phi) is 6.11. The second-order valence-electron chi connectivity index (χ2n) is 6.86. The van der Waals surface area contributed by atoms with Crippen LogP contribution >= 0.6 is 0 Å². The first kappa shape index (κ1) is 19.0. The number of ether oxygens (including phenoxy) is 1. The average molecular weight is 346 g/mol. The Morgan fingerprint density at radius 1 is 1.21 bits per heavy atom. The highest BCUT2D eigenvalue weighted by molar-refractivity contribution is 5.20. The minimum atomic E-state index is -4.18. The van der Waals surface area contributed by atoms with Crippen LogP contribution in [0.3, 0.4) is 0 Å². The molecule has 1 fully saturated rings. The third-order valence-corrected chi connectivity index (χ3v) is 4.17. The summed E-state index contributed by atoms with van der Waals surface area (Å²) in [7, 11) is 0. The van der Waals surface area contributed by atoms with Crippen molar-refractivity contribution in [2.45, 2.75) is 31.7 Å². The molecule has 4 nitrogen and oxygen atoms in total. The van der Waals surface area contributed by atoms with Crippen LogP contribution in [-0.4, -0.2) is 72.1 Å². The number of aliphatic hydroxyl groups is 1. The molecule has 1 aromatic rings. The molecule has 1 aliphatic heterocycles. The lowest BCUT2D eigenvalue weighted by Crippen LogP contribution is -2.61. The molecule has 0 saturated carbocycles. The first-order valence-electron chi connectivity index (χ1n) is 8.06. The molecule has 7 heteroatoms. The fraction of sp³-hybridized carbons (Fsp3) is 0.647. The second kappa shape index (κ2) is 7.72. The standard InChI is InChI=1S/C17H25F3N2O2/c1-16(2)12-21(13-17(18,19)20)8-9-22(16)10-14(23)11-24-15-6-4-3-5-7-15/h3-7,14,23H,8-13H2,1-2H3. The normalized spacial score (nSPS) is 20.8. The lowest BCUT2D eigenvalue weighted by Gasteiger charge is -2.47. The number of hydrogen-bond acceptors (Lipinski definition) is 4. The maximum absolute atomic E-state index is 12.5. The number of alkyl halides is 3. The molecular formula is C17H25F3N2O2. The molecule has 0 radical (unpaired) electrons. The lowest BCUT2D eigenvalue weighted by atomic mass is 9.98. The zero-order valence-corrected chi connectivity index (χ0v) is 14.1. The summed E-state index contributed by atoms with van der Waals surface area (Å²) in [4.78, 5) is 3.45. The molecule has 1 saturated heterocycles. The van der Waals surface area contributed by atoms with E-state index < -0.39 is 24.4 Å². The molecule has 1 N–H and O–H groups in total. The first-order chi connectivity index (χ1) is 11.2. The van der Waals surface area contributed by atoms with Crippen LogP contribution in [0.4, 0.5) is 13.2 Å². The minimum absolute atomic E-state index is 0.156.